The van der Waals surface area contributed by atoms with Gasteiger partial charge in [-0.15, -0.1) is 0 Å². The molecule has 0 amide bonds. The van der Waals surface area contributed by atoms with Gasteiger partial charge in [0.2, 0.25) is 0 Å². The first-order valence-corrected chi connectivity index (χ1v) is 5.98. The van der Waals surface area contributed by atoms with E-state index in [1.165, 1.54) is 12.1 Å². The van der Waals surface area contributed by atoms with Crippen molar-refractivity contribution >= 4 is 50.3 Å². The lowest BCUT2D eigenvalue weighted by Gasteiger charge is -2.02. The summed E-state index contributed by atoms with van der Waals surface area (Å²) in [6, 6.07) is 4.25. The smallest absolute Gasteiger partial charge is 0.296 e. The third kappa shape index (κ3) is 2.70. The molecule has 0 aliphatic heterocycles. The molecular weight excluding hydrogens is 328 g/mol. The van der Waals surface area contributed by atoms with E-state index in [1.807, 2.05) is 22.9 Å². The Kier molecular flexibility index (Phi) is 3.38. The van der Waals surface area contributed by atoms with Crippen LogP contribution in [0.3, 0.4) is 0 Å². The highest BCUT2D eigenvalue weighted by Crippen LogP contribution is 2.25. The fourth-order valence-corrected chi connectivity index (χ4v) is 2.10. The first-order chi connectivity index (χ1) is 5.95. The monoisotopic (exact) mass is 333 g/mol. The van der Waals surface area contributed by atoms with E-state index in [1.54, 1.807) is 6.07 Å². The van der Waals surface area contributed by atoms with Crippen molar-refractivity contribution in [1.29, 1.82) is 0 Å². The molecule has 0 heterocycles. The van der Waals surface area contributed by atoms with Crippen LogP contribution in [0.1, 0.15) is 0 Å². The van der Waals surface area contributed by atoms with Crippen LogP contribution in [0.5, 0.6) is 0 Å². The number of hydrogen-bond donors (Lipinski definition) is 2. The highest BCUT2D eigenvalue weighted by molar-refractivity contribution is 14.1. The van der Waals surface area contributed by atoms with Gasteiger partial charge in [-0.25, -0.2) is 0 Å². The van der Waals surface area contributed by atoms with Gasteiger partial charge in [0, 0.05) is 5.69 Å². The zero-order chi connectivity index (χ0) is 10.1. The van der Waals surface area contributed by atoms with Gasteiger partial charge in [0.25, 0.3) is 10.1 Å². The van der Waals surface area contributed by atoms with Crippen molar-refractivity contribution in [3.8, 4) is 0 Å². The van der Waals surface area contributed by atoms with Crippen LogP contribution in [-0.4, -0.2) is 13.0 Å². The van der Waals surface area contributed by atoms with Crippen molar-refractivity contribution < 1.29 is 13.0 Å². The lowest BCUT2D eigenvalue weighted by Crippen LogP contribution is -1.99. The van der Waals surface area contributed by atoms with E-state index in [-0.39, 0.29) is 9.92 Å². The summed E-state index contributed by atoms with van der Waals surface area (Å²) in [6.07, 6.45) is 0. The summed E-state index contributed by atoms with van der Waals surface area (Å²) in [5.41, 5.74) is 0.553. The maximum atomic E-state index is 10.8. The Hall–Kier alpha value is -0.0500. The van der Waals surface area contributed by atoms with Crippen LogP contribution < -0.4 is 3.53 Å². The third-order valence-corrected chi connectivity index (χ3v) is 3.28. The van der Waals surface area contributed by atoms with E-state index in [0.29, 0.717) is 5.69 Å². The van der Waals surface area contributed by atoms with Crippen LogP contribution in [0.25, 0.3) is 0 Å². The normalized spacial score (nSPS) is 11.3. The molecular formula is C6H5ClINO3S. The van der Waals surface area contributed by atoms with E-state index < -0.39 is 10.1 Å². The van der Waals surface area contributed by atoms with E-state index in [2.05, 4.69) is 3.53 Å². The molecule has 0 radical (unpaired) electrons. The van der Waals surface area contributed by atoms with Crippen molar-refractivity contribution in [2.24, 2.45) is 0 Å². The van der Waals surface area contributed by atoms with Crippen LogP contribution in [0.2, 0.25) is 5.02 Å². The summed E-state index contributed by atoms with van der Waals surface area (Å²) in [5, 5.41) is -0.00194. The Bertz CT molecular complexity index is 420. The predicted molar refractivity (Wildman–Crippen MR) is 58.9 cm³/mol. The van der Waals surface area contributed by atoms with E-state index in [0.717, 1.165) is 0 Å². The Morgan fingerprint density at radius 2 is 2.08 bits per heavy atom. The molecule has 0 aliphatic rings. The molecule has 0 bridgehead atoms. The maximum absolute atomic E-state index is 10.8. The molecule has 0 saturated carbocycles. The van der Waals surface area contributed by atoms with Gasteiger partial charge in [0.15, 0.2) is 0 Å². The topological polar surface area (TPSA) is 66.4 Å². The standard InChI is InChI=1S/C6H5ClINO3S/c7-5-2-1-4(9-8)3-6(5)13(10,11)12/h1-3,9H,(H,10,11,12). The molecule has 7 heteroatoms. The van der Waals surface area contributed by atoms with Crippen LogP contribution in [-0.2, 0) is 10.1 Å². The quantitative estimate of drug-likeness (QED) is 0.495. The predicted octanol–water partition coefficient (Wildman–Crippen LogP) is 2.35. The molecule has 1 aromatic carbocycles. The van der Waals surface area contributed by atoms with Gasteiger partial charge in [0.1, 0.15) is 4.90 Å². The Labute approximate surface area is 94.5 Å². The number of anilines is 1. The van der Waals surface area contributed by atoms with Gasteiger partial charge >= 0.3 is 0 Å². The number of rotatable bonds is 2. The maximum Gasteiger partial charge on any atom is 0.296 e. The highest BCUT2D eigenvalue weighted by atomic mass is 127. The molecule has 13 heavy (non-hydrogen) atoms. The van der Waals surface area contributed by atoms with Crippen LogP contribution in [0, 0.1) is 0 Å². The SMILES string of the molecule is O=S(=O)(O)c1cc(NI)ccc1Cl. The summed E-state index contributed by atoms with van der Waals surface area (Å²) in [6.45, 7) is 0. The molecule has 0 saturated heterocycles. The number of benzene rings is 1. The Morgan fingerprint density at radius 1 is 1.46 bits per heavy atom. The minimum Gasteiger partial charge on any atom is -0.328 e. The molecule has 1 aromatic rings. The lowest BCUT2D eigenvalue weighted by molar-refractivity contribution is 0.483. The fraction of sp³-hybridized carbons (Fsp3) is 0. The first-order valence-electron chi connectivity index (χ1n) is 3.09. The van der Waals surface area contributed by atoms with Crippen molar-refractivity contribution in [2.75, 3.05) is 3.53 Å². The number of hydrogen-bond acceptors (Lipinski definition) is 3. The molecule has 0 unspecified atom stereocenters. The minimum atomic E-state index is -4.24. The summed E-state index contributed by atoms with van der Waals surface area (Å²) in [4.78, 5) is -0.296. The van der Waals surface area contributed by atoms with Crippen molar-refractivity contribution in [1.82, 2.24) is 0 Å². The second-order valence-corrected chi connectivity index (χ2v) is 4.55. The van der Waals surface area contributed by atoms with E-state index in [9.17, 15) is 8.42 Å². The molecule has 0 spiro atoms. The summed E-state index contributed by atoms with van der Waals surface area (Å²) in [7, 11) is -4.24. The van der Waals surface area contributed by atoms with Crippen LogP contribution in [0.15, 0.2) is 23.1 Å². The zero-order valence-corrected chi connectivity index (χ0v) is 9.89. The highest BCUT2D eigenvalue weighted by Gasteiger charge is 2.14. The first kappa shape index (κ1) is 11.0. The molecule has 0 fully saturated rings. The second-order valence-electron chi connectivity index (χ2n) is 2.21. The van der Waals surface area contributed by atoms with Gasteiger partial charge in [-0.3, -0.25) is 4.55 Å². The Balaban J connectivity index is 3.36. The van der Waals surface area contributed by atoms with Crippen molar-refractivity contribution in [3.63, 3.8) is 0 Å². The molecule has 1 rings (SSSR count). The van der Waals surface area contributed by atoms with Crippen LogP contribution in [0.4, 0.5) is 5.69 Å². The van der Waals surface area contributed by atoms with Gasteiger partial charge in [-0.05, 0) is 18.2 Å². The molecule has 4 nitrogen and oxygen atoms in total. The molecule has 0 aromatic heterocycles. The van der Waals surface area contributed by atoms with Gasteiger partial charge in [-0.2, -0.15) is 8.42 Å². The van der Waals surface area contributed by atoms with E-state index in [4.69, 9.17) is 16.2 Å². The lowest BCUT2D eigenvalue weighted by atomic mass is 10.3. The molecule has 2 N–H and O–H groups in total. The number of nitrogens with one attached hydrogen (secondary N) is 1. The van der Waals surface area contributed by atoms with E-state index >= 15 is 0 Å². The summed E-state index contributed by atoms with van der Waals surface area (Å²) < 4.78 is 33.0. The summed E-state index contributed by atoms with van der Waals surface area (Å²) in [5.74, 6) is 0. The summed E-state index contributed by atoms with van der Waals surface area (Å²) >= 11 is 7.41. The average molecular weight is 334 g/mol. The number of halogens is 2. The van der Waals surface area contributed by atoms with Gasteiger partial charge < -0.3 is 3.53 Å². The molecule has 0 atom stereocenters. The van der Waals surface area contributed by atoms with Crippen molar-refractivity contribution in [3.05, 3.63) is 23.2 Å². The third-order valence-electron chi connectivity index (χ3n) is 1.32. The zero-order valence-electron chi connectivity index (χ0n) is 6.16. The molecule has 72 valence electrons. The Morgan fingerprint density at radius 3 is 2.54 bits per heavy atom. The van der Waals surface area contributed by atoms with Gasteiger partial charge in [-0.1, -0.05) is 11.6 Å². The fourth-order valence-electron chi connectivity index (χ4n) is 0.760. The van der Waals surface area contributed by atoms with Crippen LogP contribution >= 0.6 is 34.5 Å². The van der Waals surface area contributed by atoms with Crippen molar-refractivity contribution in [2.45, 2.75) is 4.90 Å². The second kappa shape index (κ2) is 3.99. The minimum absolute atomic E-state index is 0.00194. The van der Waals surface area contributed by atoms with Gasteiger partial charge in [0.05, 0.1) is 27.9 Å². The largest absolute Gasteiger partial charge is 0.328 e. The average Bonchev–Trinajstić information content (AvgIpc) is 2.03. The molecule has 0 aliphatic carbocycles.